The van der Waals surface area contributed by atoms with Crippen LogP contribution in [0.4, 0.5) is 4.39 Å². The number of thiazole rings is 1. The highest BCUT2D eigenvalue weighted by atomic mass is 32.1. The third kappa shape index (κ3) is 5.43. The van der Waals surface area contributed by atoms with Gasteiger partial charge in [0.2, 0.25) is 0 Å². The number of fused-ring (bicyclic) bond motifs is 1. The number of nitrogens with zero attached hydrogens (tertiary/aromatic N) is 2. The zero-order chi connectivity index (χ0) is 27.5. The van der Waals surface area contributed by atoms with E-state index in [1.54, 1.807) is 35.8 Å². The van der Waals surface area contributed by atoms with Gasteiger partial charge < -0.3 is 14.2 Å². The van der Waals surface area contributed by atoms with E-state index in [9.17, 15) is 14.0 Å². The first-order valence-corrected chi connectivity index (χ1v) is 13.9. The van der Waals surface area contributed by atoms with E-state index in [4.69, 9.17) is 14.2 Å². The Kier molecular flexibility index (Phi) is 7.76. The molecule has 0 amide bonds. The Labute approximate surface area is 231 Å². The number of aromatic nitrogens is 1. The van der Waals surface area contributed by atoms with Crippen molar-refractivity contribution in [3.8, 4) is 11.5 Å². The number of benzene rings is 2. The zero-order valence-corrected chi connectivity index (χ0v) is 23.1. The summed E-state index contributed by atoms with van der Waals surface area (Å²) in [6.07, 6.45) is 1.78. The molecule has 0 aliphatic carbocycles. The summed E-state index contributed by atoms with van der Waals surface area (Å²) in [5, 5.41) is 1.91. The molecule has 0 saturated heterocycles. The second-order valence-electron chi connectivity index (χ2n) is 8.64. The van der Waals surface area contributed by atoms with E-state index in [1.807, 2.05) is 36.6 Å². The molecule has 0 saturated carbocycles. The number of allylic oxidation sites excluding steroid dienone is 1. The molecule has 0 radical (unpaired) electrons. The zero-order valence-electron chi connectivity index (χ0n) is 21.5. The molecule has 200 valence electrons. The van der Waals surface area contributed by atoms with Crippen molar-refractivity contribution in [3.63, 3.8) is 0 Å². The van der Waals surface area contributed by atoms with Gasteiger partial charge in [-0.05, 0) is 66.8 Å². The van der Waals surface area contributed by atoms with E-state index < -0.39 is 12.0 Å². The van der Waals surface area contributed by atoms with Crippen LogP contribution in [-0.4, -0.2) is 24.3 Å². The van der Waals surface area contributed by atoms with Crippen molar-refractivity contribution >= 4 is 34.7 Å². The molecule has 2 aromatic heterocycles. The molecule has 1 aliphatic heterocycles. The summed E-state index contributed by atoms with van der Waals surface area (Å²) in [4.78, 5) is 32.3. The lowest BCUT2D eigenvalue weighted by Crippen LogP contribution is -2.39. The molecular weight excluding hydrogens is 539 g/mol. The molecule has 39 heavy (non-hydrogen) atoms. The maximum atomic E-state index is 13.7. The van der Waals surface area contributed by atoms with Gasteiger partial charge in [-0.3, -0.25) is 9.36 Å². The Hall–Kier alpha value is -4.02. The van der Waals surface area contributed by atoms with Crippen LogP contribution in [0.15, 0.2) is 81.0 Å². The number of methoxy groups -OCH3 is 1. The minimum atomic E-state index is -0.614. The molecule has 2 aromatic carbocycles. The standard InChI is InChI=1S/C29H25FN2O5S2/c1-4-36-22-14-19(9-12-21(22)37-16-18-7-10-20(30)11-8-18)15-24-27(33)32-26(23-6-5-13-38-23)25(28(34)35-3)17(2)31-29(32)39-24/h5-15,26H,4,16H2,1-3H3. The van der Waals surface area contributed by atoms with Crippen molar-refractivity contribution in [3.05, 3.63) is 113 Å². The van der Waals surface area contributed by atoms with Gasteiger partial charge in [0, 0.05) is 4.88 Å². The first-order valence-electron chi connectivity index (χ1n) is 12.2. The van der Waals surface area contributed by atoms with Crippen LogP contribution in [0.2, 0.25) is 0 Å². The van der Waals surface area contributed by atoms with Gasteiger partial charge in [0.05, 0.1) is 29.5 Å². The van der Waals surface area contributed by atoms with Gasteiger partial charge in [-0.1, -0.05) is 35.6 Å². The van der Waals surface area contributed by atoms with Gasteiger partial charge in [-0.2, -0.15) is 0 Å². The second kappa shape index (κ2) is 11.4. The van der Waals surface area contributed by atoms with Crippen LogP contribution >= 0.6 is 22.7 Å². The topological polar surface area (TPSA) is 79.1 Å². The highest BCUT2D eigenvalue weighted by molar-refractivity contribution is 7.10. The summed E-state index contributed by atoms with van der Waals surface area (Å²) in [5.74, 6) is 0.250. The quantitative estimate of drug-likeness (QED) is 0.293. The summed E-state index contributed by atoms with van der Waals surface area (Å²) >= 11 is 2.72. The molecule has 0 spiro atoms. The van der Waals surface area contributed by atoms with Gasteiger partial charge >= 0.3 is 5.97 Å². The van der Waals surface area contributed by atoms with Gasteiger partial charge in [-0.15, -0.1) is 11.3 Å². The van der Waals surface area contributed by atoms with Crippen LogP contribution in [0.25, 0.3) is 6.08 Å². The Morgan fingerprint density at radius 3 is 2.62 bits per heavy atom. The molecule has 3 heterocycles. The molecule has 1 aliphatic rings. The Morgan fingerprint density at radius 1 is 1.13 bits per heavy atom. The van der Waals surface area contributed by atoms with Gasteiger partial charge in [0.15, 0.2) is 16.3 Å². The van der Waals surface area contributed by atoms with Crippen LogP contribution in [-0.2, 0) is 16.1 Å². The predicted octanol–water partition coefficient (Wildman–Crippen LogP) is 4.59. The van der Waals surface area contributed by atoms with Crippen molar-refractivity contribution in [2.24, 2.45) is 4.99 Å². The molecule has 0 N–H and O–H groups in total. The molecule has 4 aromatic rings. The fourth-order valence-electron chi connectivity index (χ4n) is 4.30. The monoisotopic (exact) mass is 564 g/mol. The van der Waals surface area contributed by atoms with Crippen LogP contribution in [0, 0.1) is 5.82 Å². The highest BCUT2D eigenvalue weighted by Crippen LogP contribution is 2.33. The van der Waals surface area contributed by atoms with Crippen molar-refractivity contribution < 1.29 is 23.4 Å². The summed E-state index contributed by atoms with van der Waals surface area (Å²) in [7, 11) is 1.32. The number of hydrogen-bond acceptors (Lipinski definition) is 8. The third-order valence-electron chi connectivity index (χ3n) is 6.11. The molecule has 1 atom stereocenters. The van der Waals surface area contributed by atoms with E-state index in [0.717, 1.165) is 16.0 Å². The van der Waals surface area contributed by atoms with Gasteiger partial charge in [0.25, 0.3) is 5.56 Å². The molecule has 1 unspecified atom stereocenters. The molecule has 5 rings (SSSR count). The maximum Gasteiger partial charge on any atom is 0.338 e. The van der Waals surface area contributed by atoms with Gasteiger partial charge in [-0.25, -0.2) is 14.2 Å². The molecule has 10 heteroatoms. The lowest BCUT2D eigenvalue weighted by Gasteiger charge is -2.22. The predicted molar refractivity (Wildman–Crippen MR) is 148 cm³/mol. The van der Waals surface area contributed by atoms with E-state index in [1.165, 1.54) is 41.9 Å². The van der Waals surface area contributed by atoms with E-state index >= 15 is 0 Å². The second-order valence-corrected chi connectivity index (χ2v) is 10.6. The van der Waals surface area contributed by atoms with Crippen molar-refractivity contribution in [2.75, 3.05) is 13.7 Å². The normalized spacial score (nSPS) is 15.1. The summed E-state index contributed by atoms with van der Waals surface area (Å²) < 4.78 is 32.0. The fourth-order valence-corrected chi connectivity index (χ4v) is 6.17. The fraction of sp³-hybridized carbons (Fsp3) is 0.207. The van der Waals surface area contributed by atoms with Crippen LogP contribution in [0.3, 0.4) is 0 Å². The Balaban J connectivity index is 1.52. The number of rotatable bonds is 8. The highest BCUT2D eigenvalue weighted by Gasteiger charge is 2.33. The smallest absolute Gasteiger partial charge is 0.338 e. The average molecular weight is 565 g/mol. The Morgan fingerprint density at radius 2 is 1.92 bits per heavy atom. The van der Waals surface area contributed by atoms with Crippen LogP contribution < -0.4 is 24.4 Å². The molecular formula is C29H25FN2O5S2. The largest absolute Gasteiger partial charge is 0.490 e. The Bertz CT molecular complexity index is 1720. The molecule has 0 fully saturated rings. The lowest BCUT2D eigenvalue weighted by atomic mass is 10.0. The minimum Gasteiger partial charge on any atom is -0.490 e. The maximum absolute atomic E-state index is 13.7. The number of carbonyl (C=O) groups excluding carboxylic acids is 1. The SMILES string of the molecule is CCOc1cc(C=c2sc3n(c2=O)C(c2cccs2)C(C(=O)OC)=C(C)N=3)ccc1OCc1ccc(F)cc1. The van der Waals surface area contributed by atoms with Crippen LogP contribution in [0.5, 0.6) is 11.5 Å². The molecule has 7 nitrogen and oxygen atoms in total. The average Bonchev–Trinajstić information content (AvgIpc) is 3.57. The van der Waals surface area contributed by atoms with Crippen molar-refractivity contribution in [1.82, 2.24) is 4.57 Å². The third-order valence-corrected chi connectivity index (χ3v) is 8.02. The number of carbonyl (C=O) groups is 1. The van der Waals surface area contributed by atoms with Crippen LogP contribution in [0.1, 0.15) is 35.9 Å². The number of esters is 1. The summed E-state index contributed by atoms with van der Waals surface area (Å²) in [5.41, 5.74) is 2.19. The first kappa shape index (κ1) is 26.6. The molecule has 0 bridgehead atoms. The van der Waals surface area contributed by atoms with E-state index in [2.05, 4.69) is 4.99 Å². The number of halogens is 1. The number of ether oxygens (including phenoxy) is 3. The van der Waals surface area contributed by atoms with E-state index in [0.29, 0.717) is 38.7 Å². The number of thiophene rings is 1. The van der Waals surface area contributed by atoms with Crippen molar-refractivity contribution in [1.29, 1.82) is 0 Å². The first-order chi connectivity index (χ1) is 18.9. The minimum absolute atomic E-state index is 0.249. The van der Waals surface area contributed by atoms with Gasteiger partial charge in [0.1, 0.15) is 18.5 Å². The van der Waals surface area contributed by atoms with Crippen molar-refractivity contribution in [2.45, 2.75) is 26.5 Å². The number of hydrogen-bond donors (Lipinski definition) is 0. The van der Waals surface area contributed by atoms with E-state index in [-0.39, 0.29) is 18.0 Å². The summed E-state index contributed by atoms with van der Waals surface area (Å²) in [6.45, 7) is 4.31. The summed E-state index contributed by atoms with van der Waals surface area (Å²) in [6, 6.07) is 14.7. The lowest BCUT2D eigenvalue weighted by molar-refractivity contribution is -0.136.